The van der Waals surface area contributed by atoms with Crippen LogP contribution >= 0.6 is 11.8 Å². The highest BCUT2D eigenvalue weighted by atomic mass is 32.2. The van der Waals surface area contributed by atoms with Gasteiger partial charge in [0.05, 0.1) is 13.7 Å². The molecule has 0 heterocycles. The Morgan fingerprint density at radius 1 is 1.27 bits per heavy atom. The Bertz CT molecular complexity index is 416. The molecule has 0 aromatic rings. The Balaban J connectivity index is 4.57. The Kier molecular flexibility index (Phi) is 9.32. The van der Waals surface area contributed by atoms with Crippen molar-refractivity contribution in [1.82, 2.24) is 5.32 Å². The Labute approximate surface area is 134 Å². The van der Waals surface area contributed by atoms with Gasteiger partial charge in [-0.3, -0.25) is 0 Å². The lowest BCUT2D eigenvalue weighted by molar-refractivity contribution is -0.145. The molecule has 1 N–H and O–H groups in total. The van der Waals surface area contributed by atoms with E-state index in [0.29, 0.717) is 0 Å². The molecule has 0 spiro atoms. The zero-order valence-corrected chi connectivity index (χ0v) is 14.3. The van der Waals surface area contributed by atoms with Crippen molar-refractivity contribution in [2.75, 3.05) is 19.5 Å². The van der Waals surface area contributed by atoms with Gasteiger partial charge in [-0.25, -0.2) is 14.4 Å². The number of amides is 1. The van der Waals surface area contributed by atoms with Crippen LogP contribution in [0.2, 0.25) is 0 Å². The summed E-state index contributed by atoms with van der Waals surface area (Å²) in [6.07, 6.45) is 0.517. The molecule has 0 bridgehead atoms. The summed E-state index contributed by atoms with van der Waals surface area (Å²) in [5, 5.41) is 3.93. The lowest BCUT2D eigenvalue weighted by Crippen LogP contribution is -2.45. The predicted octanol–water partition coefficient (Wildman–Crippen LogP) is 1.86. The van der Waals surface area contributed by atoms with Crippen LogP contribution in [0.5, 0.6) is 0 Å². The summed E-state index contributed by atoms with van der Waals surface area (Å²) >= 11 is 1.17. The molecule has 1 amide bonds. The van der Waals surface area contributed by atoms with Gasteiger partial charge in [0.25, 0.3) is 0 Å². The Hall–Kier alpha value is -1.70. The first kappa shape index (κ1) is 20.3. The van der Waals surface area contributed by atoms with Crippen molar-refractivity contribution < 1.29 is 28.6 Å². The van der Waals surface area contributed by atoms with E-state index >= 15 is 0 Å². The van der Waals surface area contributed by atoms with Crippen molar-refractivity contribution in [3.63, 3.8) is 0 Å². The van der Waals surface area contributed by atoms with Crippen molar-refractivity contribution in [3.05, 3.63) is 11.5 Å². The molecule has 0 radical (unpaired) electrons. The molecule has 0 saturated carbocycles. The monoisotopic (exact) mass is 333 g/mol. The van der Waals surface area contributed by atoms with Crippen LogP contribution in [0.25, 0.3) is 0 Å². The molecule has 0 unspecified atom stereocenters. The minimum atomic E-state index is -0.873. The number of hydrogen-bond donors (Lipinski definition) is 1. The molecule has 8 heteroatoms. The molecule has 0 aromatic carbocycles. The molecule has 22 heavy (non-hydrogen) atoms. The van der Waals surface area contributed by atoms with E-state index in [1.54, 1.807) is 27.7 Å². The molecule has 0 rings (SSSR count). The van der Waals surface area contributed by atoms with Crippen molar-refractivity contribution in [1.29, 1.82) is 0 Å². The van der Waals surface area contributed by atoms with Crippen LogP contribution in [0.4, 0.5) is 4.79 Å². The number of methoxy groups -OCH3 is 1. The number of nitrogens with one attached hydrogen (secondary N) is 1. The van der Waals surface area contributed by atoms with Crippen LogP contribution in [0.15, 0.2) is 11.5 Å². The van der Waals surface area contributed by atoms with Gasteiger partial charge in [-0.05, 0) is 33.1 Å². The van der Waals surface area contributed by atoms with Crippen LogP contribution in [0.1, 0.15) is 27.7 Å². The average Bonchev–Trinajstić information content (AvgIpc) is 2.39. The fourth-order valence-corrected chi connectivity index (χ4v) is 1.92. The quantitative estimate of drug-likeness (QED) is 0.432. The maximum Gasteiger partial charge on any atom is 0.408 e. The highest BCUT2D eigenvalue weighted by Gasteiger charge is 2.25. The summed E-state index contributed by atoms with van der Waals surface area (Å²) in [5.74, 6) is -0.862. The van der Waals surface area contributed by atoms with Crippen LogP contribution in [0.3, 0.4) is 0 Å². The van der Waals surface area contributed by atoms with Gasteiger partial charge in [0.15, 0.2) is 0 Å². The number of rotatable bonds is 7. The van der Waals surface area contributed by atoms with E-state index < -0.39 is 29.7 Å². The fraction of sp³-hybridized carbons (Fsp3) is 0.643. The number of carbonyl (C=O) groups excluding carboxylic acids is 3. The van der Waals surface area contributed by atoms with Crippen molar-refractivity contribution in [2.24, 2.45) is 0 Å². The van der Waals surface area contributed by atoms with Gasteiger partial charge in [-0.1, -0.05) is 0 Å². The molecule has 0 saturated heterocycles. The van der Waals surface area contributed by atoms with E-state index in [4.69, 9.17) is 9.47 Å². The molecule has 0 aromatic heterocycles. The van der Waals surface area contributed by atoms with Gasteiger partial charge in [0.2, 0.25) is 0 Å². The largest absolute Gasteiger partial charge is 0.466 e. The van der Waals surface area contributed by atoms with E-state index in [2.05, 4.69) is 10.1 Å². The van der Waals surface area contributed by atoms with Crippen molar-refractivity contribution in [3.8, 4) is 0 Å². The minimum Gasteiger partial charge on any atom is -0.466 e. The number of hydrogen-bond acceptors (Lipinski definition) is 7. The van der Waals surface area contributed by atoms with Crippen molar-refractivity contribution >= 4 is 29.8 Å². The third-order valence-electron chi connectivity index (χ3n) is 2.03. The number of esters is 2. The first-order valence-corrected chi connectivity index (χ1v) is 7.76. The van der Waals surface area contributed by atoms with E-state index in [1.165, 1.54) is 30.4 Å². The van der Waals surface area contributed by atoms with E-state index in [0.717, 1.165) is 0 Å². The smallest absolute Gasteiger partial charge is 0.408 e. The summed E-state index contributed by atoms with van der Waals surface area (Å²) < 4.78 is 14.4. The third kappa shape index (κ3) is 10.1. The van der Waals surface area contributed by atoms with E-state index in [9.17, 15) is 14.4 Å². The fourth-order valence-electron chi connectivity index (χ4n) is 1.18. The molecule has 0 aliphatic carbocycles. The number of thioether (sulfide) groups is 1. The zero-order chi connectivity index (χ0) is 17.2. The Morgan fingerprint density at radius 2 is 1.91 bits per heavy atom. The maximum atomic E-state index is 11.8. The van der Waals surface area contributed by atoms with Crippen LogP contribution in [-0.4, -0.2) is 49.1 Å². The van der Waals surface area contributed by atoms with Crippen LogP contribution in [0, 0.1) is 0 Å². The summed E-state index contributed by atoms with van der Waals surface area (Å²) in [6, 6.07) is -0.873. The zero-order valence-electron chi connectivity index (χ0n) is 13.5. The second-order valence-corrected chi connectivity index (χ2v) is 6.05. The summed E-state index contributed by atoms with van der Waals surface area (Å²) in [4.78, 5) is 34.5. The SMILES string of the molecule is CCOC(=O)[C@H](CS/C=C\C(=O)OC)NC(=O)OC(C)(C)C. The number of alkyl carbamates (subject to hydrolysis) is 1. The topological polar surface area (TPSA) is 90.9 Å². The molecular formula is C14H23NO6S. The van der Waals surface area contributed by atoms with Gasteiger partial charge in [0.1, 0.15) is 11.6 Å². The molecule has 0 aliphatic rings. The summed E-state index contributed by atoms with van der Waals surface area (Å²) in [6.45, 7) is 7.04. The second-order valence-electron chi connectivity index (χ2n) is 5.11. The highest BCUT2D eigenvalue weighted by molar-refractivity contribution is 8.02. The summed E-state index contributed by atoms with van der Waals surface area (Å²) in [7, 11) is 1.27. The molecular weight excluding hydrogens is 310 g/mol. The molecule has 0 aliphatic heterocycles. The standard InChI is InChI=1S/C14H23NO6S/c1-6-20-12(17)10(9-22-8-7-11(16)19-5)15-13(18)21-14(2,3)4/h7-8,10H,6,9H2,1-5H3,(H,15,18)/b8-7-/t10-/m0/s1. The second kappa shape index (κ2) is 10.1. The molecule has 1 atom stereocenters. The first-order chi connectivity index (χ1) is 10.2. The van der Waals surface area contributed by atoms with Gasteiger partial charge in [0, 0.05) is 11.8 Å². The van der Waals surface area contributed by atoms with E-state index in [-0.39, 0.29) is 12.4 Å². The van der Waals surface area contributed by atoms with Crippen molar-refractivity contribution in [2.45, 2.75) is 39.3 Å². The van der Waals surface area contributed by atoms with Gasteiger partial charge < -0.3 is 19.5 Å². The van der Waals surface area contributed by atoms with Gasteiger partial charge >= 0.3 is 18.0 Å². The molecule has 0 fully saturated rings. The van der Waals surface area contributed by atoms with Crippen LogP contribution in [-0.2, 0) is 23.8 Å². The average molecular weight is 333 g/mol. The predicted molar refractivity (Wildman–Crippen MR) is 83.4 cm³/mol. The van der Waals surface area contributed by atoms with Gasteiger partial charge in [-0.15, -0.1) is 11.8 Å². The normalized spacial score (nSPS) is 12.6. The highest BCUT2D eigenvalue weighted by Crippen LogP contribution is 2.10. The summed E-state index contributed by atoms with van der Waals surface area (Å²) in [5.41, 5.74) is -0.665. The lowest BCUT2D eigenvalue weighted by Gasteiger charge is -2.22. The Morgan fingerprint density at radius 3 is 2.41 bits per heavy atom. The maximum absolute atomic E-state index is 11.8. The van der Waals surface area contributed by atoms with E-state index in [1.807, 2.05) is 0 Å². The lowest BCUT2D eigenvalue weighted by atomic mass is 10.2. The number of ether oxygens (including phenoxy) is 3. The van der Waals surface area contributed by atoms with Crippen LogP contribution < -0.4 is 5.32 Å². The number of carbonyl (C=O) groups is 3. The molecule has 7 nitrogen and oxygen atoms in total. The minimum absolute atomic E-state index is 0.200. The molecule has 126 valence electrons. The van der Waals surface area contributed by atoms with Gasteiger partial charge in [-0.2, -0.15) is 0 Å². The third-order valence-corrected chi connectivity index (χ3v) is 2.88. The first-order valence-electron chi connectivity index (χ1n) is 6.71.